The van der Waals surface area contributed by atoms with E-state index in [1.165, 1.54) is 11.0 Å². The molecule has 0 radical (unpaired) electrons. The Hall–Kier alpha value is -1.62. The summed E-state index contributed by atoms with van der Waals surface area (Å²) in [4.78, 5) is 13.3. The quantitative estimate of drug-likeness (QED) is 0.890. The number of halogens is 1. The summed E-state index contributed by atoms with van der Waals surface area (Å²) in [7, 11) is 1.65. The molecule has 1 fully saturated rings. The van der Waals surface area contributed by atoms with Crippen molar-refractivity contribution in [2.24, 2.45) is 0 Å². The molecule has 98 valence electrons. The van der Waals surface area contributed by atoms with Crippen molar-refractivity contribution in [1.29, 1.82) is 0 Å². The van der Waals surface area contributed by atoms with Crippen LogP contribution in [0, 0.1) is 5.82 Å². The Morgan fingerprint density at radius 1 is 1.56 bits per heavy atom. The highest BCUT2D eigenvalue weighted by atomic mass is 19.1. The number of rotatable bonds is 3. The van der Waals surface area contributed by atoms with Gasteiger partial charge < -0.3 is 15.0 Å². The third kappa shape index (κ3) is 3.20. The molecule has 1 heterocycles. The molecule has 1 N–H and O–H groups in total. The molecule has 18 heavy (non-hydrogen) atoms. The van der Waals surface area contributed by atoms with Gasteiger partial charge in [-0.15, -0.1) is 0 Å². The van der Waals surface area contributed by atoms with Crippen LogP contribution in [0.5, 0.6) is 0 Å². The van der Waals surface area contributed by atoms with Gasteiger partial charge in [-0.1, -0.05) is 18.2 Å². The molecule has 1 aromatic rings. The van der Waals surface area contributed by atoms with E-state index in [2.05, 4.69) is 5.32 Å². The minimum atomic E-state index is -0.290. The Morgan fingerprint density at radius 2 is 2.33 bits per heavy atom. The number of amides is 2. The summed E-state index contributed by atoms with van der Waals surface area (Å²) in [6, 6.07) is 6.34. The van der Waals surface area contributed by atoms with Crippen LogP contribution in [-0.4, -0.2) is 37.2 Å². The molecule has 1 atom stereocenters. The highest BCUT2D eigenvalue weighted by Crippen LogP contribution is 2.09. The fourth-order valence-corrected chi connectivity index (χ4v) is 1.89. The van der Waals surface area contributed by atoms with Crippen LogP contribution < -0.4 is 5.32 Å². The van der Waals surface area contributed by atoms with Crippen LogP contribution in [0.1, 0.15) is 12.0 Å². The molecular weight excluding hydrogens is 235 g/mol. The summed E-state index contributed by atoms with van der Waals surface area (Å²) in [6.07, 6.45) is 0.833. The Labute approximate surface area is 106 Å². The van der Waals surface area contributed by atoms with E-state index in [1.54, 1.807) is 25.2 Å². The van der Waals surface area contributed by atoms with Gasteiger partial charge in [-0.2, -0.15) is 0 Å². The first-order chi connectivity index (χ1) is 8.66. The van der Waals surface area contributed by atoms with Crippen LogP contribution in [-0.2, 0) is 11.3 Å². The van der Waals surface area contributed by atoms with E-state index < -0.39 is 0 Å². The van der Waals surface area contributed by atoms with Crippen molar-refractivity contribution >= 4 is 6.03 Å². The predicted octanol–water partition coefficient (Wildman–Crippen LogP) is 1.76. The standard InChI is InChI=1S/C13H17FN2O2/c1-16(8-10-4-2-3-5-12(10)14)13(17)15-11-6-7-18-9-11/h2-5,11H,6-9H2,1H3,(H,15,17). The zero-order chi connectivity index (χ0) is 13.0. The maximum absolute atomic E-state index is 13.4. The minimum Gasteiger partial charge on any atom is -0.379 e. The zero-order valence-corrected chi connectivity index (χ0v) is 10.4. The van der Waals surface area contributed by atoms with Gasteiger partial charge in [0.1, 0.15) is 5.82 Å². The summed E-state index contributed by atoms with van der Waals surface area (Å²) < 4.78 is 18.6. The predicted molar refractivity (Wildman–Crippen MR) is 65.6 cm³/mol. The highest BCUT2D eigenvalue weighted by Gasteiger charge is 2.20. The fraction of sp³-hybridized carbons (Fsp3) is 0.462. The van der Waals surface area contributed by atoms with E-state index in [9.17, 15) is 9.18 Å². The Bertz CT molecular complexity index is 419. The summed E-state index contributed by atoms with van der Waals surface area (Å²) >= 11 is 0. The van der Waals surface area contributed by atoms with Gasteiger partial charge in [-0.25, -0.2) is 9.18 Å². The number of ether oxygens (including phenoxy) is 1. The number of carbonyl (C=O) groups is 1. The van der Waals surface area contributed by atoms with E-state index in [0.717, 1.165) is 6.42 Å². The number of benzene rings is 1. The molecule has 0 aliphatic carbocycles. The van der Waals surface area contributed by atoms with E-state index in [1.807, 2.05) is 0 Å². The van der Waals surface area contributed by atoms with Gasteiger partial charge >= 0.3 is 6.03 Å². The Kier molecular flexibility index (Phi) is 4.15. The van der Waals surface area contributed by atoms with Gasteiger partial charge in [0.15, 0.2) is 0 Å². The first-order valence-electron chi connectivity index (χ1n) is 5.99. The van der Waals surface area contributed by atoms with Crippen LogP contribution in [0.15, 0.2) is 24.3 Å². The lowest BCUT2D eigenvalue weighted by molar-refractivity contribution is 0.181. The van der Waals surface area contributed by atoms with Crippen LogP contribution >= 0.6 is 0 Å². The SMILES string of the molecule is CN(Cc1ccccc1F)C(=O)NC1CCOC1. The van der Waals surface area contributed by atoms with Gasteiger partial charge in [-0.05, 0) is 12.5 Å². The van der Waals surface area contributed by atoms with E-state index in [0.29, 0.717) is 18.8 Å². The Balaban J connectivity index is 1.89. The monoisotopic (exact) mass is 252 g/mol. The molecule has 2 rings (SSSR count). The van der Waals surface area contributed by atoms with E-state index in [-0.39, 0.29) is 24.4 Å². The average molecular weight is 252 g/mol. The van der Waals surface area contributed by atoms with E-state index in [4.69, 9.17) is 4.74 Å². The van der Waals surface area contributed by atoms with Crippen LogP contribution in [0.3, 0.4) is 0 Å². The van der Waals surface area contributed by atoms with Crippen molar-refractivity contribution < 1.29 is 13.9 Å². The molecular formula is C13H17FN2O2. The van der Waals surface area contributed by atoms with Crippen molar-refractivity contribution in [3.63, 3.8) is 0 Å². The second-order valence-corrected chi connectivity index (χ2v) is 4.46. The number of hydrogen-bond donors (Lipinski definition) is 1. The van der Waals surface area contributed by atoms with Gasteiger partial charge in [-0.3, -0.25) is 0 Å². The summed E-state index contributed by atoms with van der Waals surface area (Å²) in [5, 5.41) is 2.86. The van der Waals surface area contributed by atoms with Gasteiger partial charge in [0.2, 0.25) is 0 Å². The summed E-state index contributed by atoms with van der Waals surface area (Å²) in [5.41, 5.74) is 0.512. The smallest absolute Gasteiger partial charge is 0.317 e. The molecule has 1 aromatic carbocycles. The first-order valence-corrected chi connectivity index (χ1v) is 5.99. The van der Waals surface area contributed by atoms with Gasteiger partial charge in [0.25, 0.3) is 0 Å². The van der Waals surface area contributed by atoms with Crippen LogP contribution in [0.4, 0.5) is 9.18 Å². The molecule has 0 bridgehead atoms. The summed E-state index contributed by atoms with van der Waals surface area (Å²) in [5.74, 6) is -0.290. The maximum atomic E-state index is 13.4. The number of nitrogens with one attached hydrogen (secondary N) is 1. The number of urea groups is 1. The third-order valence-electron chi connectivity index (χ3n) is 2.97. The van der Waals surface area contributed by atoms with E-state index >= 15 is 0 Å². The summed E-state index contributed by atoms with van der Waals surface area (Å²) in [6.45, 7) is 1.49. The molecule has 1 aliphatic heterocycles. The lowest BCUT2D eigenvalue weighted by Gasteiger charge is -2.20. The average Bonchev–Trinajstić information content (AvgIpc) is 2.84. The fourth-order valence-electron chi connectivity index (χ4n) is 1.89. The lowest BCUT2D eigenvalue weighted by Crippen LogP contribution is -2.43. The topological polar surface area (TPSA) is 41.6 Å². The number of carbonyl (C=O) groups excluding carboxylic acids is 1. The normalized spacial score (nSPS) is 18.7. The lowest BCUT2D eigenvalue weighted by atomic mass is 10.2. The molecule has 5 heteroatoms. The molecule has 0 aromatic heterocycles. The van der Waals surface area contributed by atoms with Crippen molar-refractivity contribution in [2.75, 3.05) is 20.3 Å². The highest BCUT2D eigenvalue weighted by molar-refractivity contribution is 5.74. The third-order valence-corrected chi connectivity index (χ3v) is 2.97. The minimum absolute atomic E-state index is 0.0700. The van der Waals surface area contributed by atoms with Gasteiger partial charge in [0, 0.05) is 25.8 Å². The second-order valence-electron chi connectivity index (χ2n) is 4.46. The van der Waals surface area contributed by atoms with Crippen molar-refractivity contribution in [3.05, 3.63) is 35.6 Å². The van der Waals surface area contributed by atoms with Crippen LogP contribution in [0.25, 0.3) is 0 Å². The van der Waals surface area contributed by atoms with Crippen LogP contribution in [0.2, 0.25) is 0 Å². The number of nitrogens with zero attached hydrogens (tertiary/aromatic N) is 1. The molecule has 1 unspecified atom stereocenters. The first kappa shape index (κ1) is 12.8. The molecule has 0 saturated carbocycles. The molecule has 0 spiro atoms. The molecule has 2 amide bonds. The van der Waals surface area contributed by atoms with Gasteiger partial charge in [0.05, 0.1) is 12.6 Å². The number of hydrogen-bond acceptors (Lipinski definition) is 2. The maximum Gasteiger partial charge on any atom is 0.317 e. The molecule has 4 nitrogen and oxygen atoms in total. The van der Waals surface area contributed by atoms with Crippen molar-refractivity contribution in [2.45, 2.75) is 19.0 Å². The molecule has 1 saturated heterocycles. The zero-order valence-electron chi connectivity index (χ0n) is 10.4. The van der Waals surface area contributed by atoms with Crippen molar-refractivity contribution in [1.82, 2.24) is 10.2 Å². The largest absolute Gasteiger partial charge is 0.379 e. The molecule has 1 aliphatic rings. The van der Waals surface area contributed by atoms with Crippen molar-refractivity contribution in [3.8, 4) is 0 Å². The second kappa shape index (κ2) is 5.82. The Morgan fingerprint density at radius 3 is 3.00 bits per heavy atom.